The zero-order chi connectivity index (χ0) is 12.1. The Hall–Kier alpha value is -1.26. The van der Waals surface area contributed by atoms with E-state index < -0.39 is 0 Å². The predicted octanol–water partition coefficient (Wildman–Crippen LogP) is 1.02. The van der Waals surface area contributed by atoms with Gasteiger partial charge in [0, 0.05) is 13.0 Å². The molecule has 0 aliphatic heterocycles. The van der Waals surface area contributed by atoms with Crippen molar-refractivity contribution in [3.8, 4) is 0 Å². The van der Waals surface area contributed by atoms with E-state index in [9.17, 15) is 4.79 Å². The fourth-order valence-electron chi connectivity index (χ4n) is 2.17. The van der Waals surface area contributed by atoms with Crippen LogP contribution in [-0.2, 0) is 4.79 Å². The van der Waals surface area contributed by atoms with E-state index >= 15 is 0 Å². The molecule has 0 aromatic rings. The van der Waals surface area contributed by atoms with Crippen LogP contribution in [0, 0.1) is 11.8 Å². The summed E-state index contributed by atoms with van der Waals surface area (Å²) in [5.74, 6) is 1.03. The highest BCUT2D eigenvalue weighted by Gasteiger charge is 2.26. The summed E-state index contributed by atoms with van der Waals surface area (Å²) in [5, 5.41) is 11.3. The van der Waals surface area contributed by atoms with Gasteiger partial charge in [0.25, 0.3) is 0 Å². The first-order valence-electron chi connectivity index (χ1n) is 5.76. The largest absolute Gasteiger partial charge is 0.409 e. The highest BCUT2D eigenvalue weighted by atomic mass is 16.4. The van der Waals surface area contributed by atoms with Crippen LogP contribution in [0.5, 0.6) is 0 Å². The van der Waals surface area contributed by atoms with Crippen LogP contribution >= 0.6 is 0 Å². The third-order valence-electron chi connectivity index (χ3n) is 3.27. The van der Waals surface area contributed by atoms with Crippen molar-refractivity contribution in [1.82, 2.24) is 4.90 Å². The van der Waals surface area contributed by atoms with E-state index in [0.29, 0.717) is 0 Å². The van der Waals surface area contributed by atoms with E-state index in [1.807, 2.05) is 0 Å². The Morgan fingerprint density at radius 1 is 1.44 bits per heavy atom. The summed E-state index contributed by atoms with van der Waals surface area (Å²) in [4.78, 5) is 13.5. The molecule has 5 heteroatoms. The molecule has 0 heterocycles. The van der Waals surface area contributed by atoms with Gasteiger partial charge in [-0.3, -0.25) is 4.79 Å². The molecular weight excluding hydrogens is 206 g/mol. The van der Waals surface area contributed by atoms with E-state index in [1.54, 1.807) is 7.05 Å². The van der Waals surface area contributed by atoms with E-state index in [1.165, 1.54) is 4.90 Å². The number of likely N-dealkylation sites (N-methyl/N-ethyl adjacent to an activating group) is 1. The van der Waals surface area contributed by atoms with Crippen LogP contribution in [0.2, 0.25) is 0 Å². The molecule has 0 aromatic carbocycles. The van der Waals surface area contributed by atoms with Crippen LogP contribution in [0.4, 0.5) is 0 Å². The van der Waals surface area contributed by atoms with E-state index in [4.69, 9.17) is 10.9 Å². The van der Waals surface area contributed by atoms with Crippen LogP contribution in [0.1, 0.15) is 32.6 Å². The number of nitrogens with zero attached hydrogens (tertiary/aromatic N) is 2. The number of carbonyl (C=O) groups is 1. The fourth-order valence-corrected chi connectivity index (χ4v) is 2.17. The van der Waals surface area contributed by atoms with Crippen LogP contribution in [0.15, 0.2) is 5.16 Å². The number of amidine groups is 1. The van der Waals surface area contributed by atoms with Gasteiger partial charge in [-0.05, 0) is 31.6 Å². The van der Waals surface area contributed by atoms with E-state index in [-0.39, 0.29) is 24.2 Å². The summed E-state index contributed by atoms with van der Waals surface area (Å²) in [6, 6.07) is 0. The SMILES string of the molecule is CC1CCC(C(=O)N(C)CC(N)=NO)CC1. The van der Waals surface area contributed by atoms with E-state index in [2.05, 4.69) is 12.1 Å². The summed E-state index contributed by atoms with van der Waals surface area (Å²) in [6.45, 7) is 2.42. The molecule has 1 aliphatic carbocycles. The number of rotatable bonds is 3. The maximum absolute atomic E-state index is 12.0. The maximum atomic E-state index is 12.0. The summed E-state index contributed by atoms with van der Waals surface area (Å²) in [7, 11) is 1.69. The van der Waals surface area contributed by atoms with Gasteiger partial charge in [-0.2, -0.15) is 0 Å². The number of hydrogen-bond acceptors (Lipinski definition) is 3. The van der Waals surface area contributed by atoms with Crippen molar-refractivity contribution in [3.63, 3.8) is 0 Å². The summed E-state index contributed by atoms with van der Waals surface area (Å²) >= 11 is 0. The van der Waals surface area contributed by atoms with Crippen molar-refractivity contribution in [1.29, 1.82) is 0 Å². The van der Waals surface area contributed by atoms with Gasteiger partial charge in [0.2, 0.25) is 5.91 Å². The molecule has 0 atom stereocenters. The van der Waals surface area contributed by atoms with Crippen molar-refractivity contribution in [2.45, 2.75) is 32.6 Å². The Kier molecular flexibility index (Phi) is 4.58. The molecule has 0 bridgehead atoms. The van der Waals surface area contributed by atoms with Gasteiger partial charge < -0.3 is 15.8 Å². The Balaban J connectivity index is 2.44. The highest BCUT2D eigenvalue weighted by Crippen LogP contribution is 2.29. The molecule has 92 valence electrons. The van der Waals surface area contributed by atoms with Gasteiger partial charge in [0.1, 0.15) is 0 Å². The van der Waals surface area contributed by atoms with Crippen molar-refractivity contribution in [3.05, 3.63) is 0 Å². The molecule has 5 nitrogen and oxygen atoms in total. The first-order chi connectivity index (χ1) is 7.54. The number of oxime groups is 1. The monoisotopic (exact) mass is 227 g/mol. The second kappa shape index (κ2) is 5.72. The minimum atomic E-state index is 0.0695. The van der Waals surface area contributed by atoms with Gasteiger partial charge in [-0.25, -0.2) is 0 Å². The lowest BCUT2D eigenvalue weighted by Crippen LogP contribution is -2.40. The lowest BCUT2D eigenvalue weighted by atomic mass is 9.82. The number of hydrogen-bond donors (Lipinski definition) is 2. The average Bonchev–Trinajstić information content (AvgIpc) is 2.28. The van der Waals surface area contributed by atoms with Crippen molar-refractivity contribution in [2.24, 2.45) is 22.7 Å². The number of carbonyl (C=O) groups excluding carboxylic acids is 1. The normalized spacial score (nSPS) is 26.5. The fraction of sp³-hybridized carbons (Fsp3) is 0.818. The first-order valence-corrected chi connectivity index (χ1v) is 5.76. The second-order valence-electron chi connectivity index (χ2n) is 4.74. The number of amides is 1. The lowest BCUT2D eigenvalue weighted by molar-refractivity contribution is -0.134. The van der Waals surface area contributed by atoms with Gasteiger partial charge in [0.15, 0.2) is 5.84 Å². The van der Waals surface area contributed by atoms with Crippen molar-refractivity contribution >= 4 is 11.7 Å². The molecule has 0 aromatic heterocycles. The van der Waals surface area contributed by atoms with E-state index in [0.717, 1.165) is 31.6 Å². The molecule has 1 amide bonds. The Labute approximate surface area is 96.3 Å². The Bertz CT molecular complexity index is 270. The molecule has 1 fully saturated rings. The summed E-state index contributed by atoms with van der Waals surface area (Å²) in [5.41, 5.74) is 5.37. The third-order valence-corrected chi connectivity index (χ3v) is 3.27. The molecule has 1 rings (SSSR count). The molecule has 3 N–H and O–H groups in total. The Morgan fingerprint density at radius 2 is 2.00 bits per heavy atom. The molecule has 1 saturated carbocycles. The molecule has 0 saturated heterocycles. The molecular formula is C11H21N3O2. The first kappa shape index (κ1) is 12.8. The Morgan fingerprint density at radius 3 is 2.50 bits per heavy atom. The lowest BCUT2D eigenvalue weighted by Gasteiger charge is -2.28. The smallest absolute Gasteiger partial charge is 0.225 e. The average molecular weight is 227 g/mol. The zero-order valence-electron chi connectivity index (χ0n) is 10.0. The molecule has 0 unspecified atom stereocenters. The van der Waals surface area contributed by atoms with Crippen LogP contribution in [-0.4, -0.2) is 35.4 Å². The molecule has 1 aliphatic rings. The maximum Gasteiger partial charge on any atom is 0.225 e. The standard InChI is InChI=1S/C11H21N3O2/c1-8-3-5-9(6-4-8)11(15)14(2)7-10(12)13-16/h8-9,16H,3-7H2,1-2H3,(H2,12,13). The second-order valence-corrected chi connectivity index (χ2v) is 4.74. The summed E-state index contributed by atoms with van der Waals surface area (Å²) < 4.78 is 0. The third kappa shape index (κ3) is 3.40. The summed E-state index contributed by atoms with van der Waals surface area (Å²) in [6.07, 6.45) is 4.16. The minimum Gasteiger partial charge on any atom is -0.409 e. The molecule has 0 spiro atoms. The van der Waals surface area contributed by atoms with Gasteiger partial charge in [0.05, 0.1) is 6.54 Å². The highest BCUT2D eigenvalue weighted by molar-refractivity contribution is 5.87. The zero-order valence-corrected chi connectivity index (χ0v) is 10.0. The van der Waals surface area contributed by atoms with Gasteiger partial charge >= 0.3 is 0 Å². The predicted molar refractivity (Wildman–Crippen MR) is 62.2 cm³/mol. The van der Waals surface area contributed by atoms with Crippen LogP contribution in [0.3, 0.4) is 0 Å². The topological polar surface area (TPSA) is 78.9 Å². The van der Waals surface area contributed by atoms with Crippen molar-refractivity contribution in [2.75, 3.05) is 13.6 Å². The number of nitrogens with two attached hydrogens (primary N) is 1. The molecule has 16 heavy (non-hydrogen) atoms. The van der Waals surface area contributed by atoms with Crippen LogP contribution < -0.4 is 5.73 Å². The minimum absolute atomic E-state index is 0.0695. The van der Waals surface area contributed by atoms with Crippen LogP contribution in [0.25, 0.3) is 0 Å². The van der Waals surface area contributed by atoms with Gasteiger partial charge in [-0.1, -0.05) is 12.1 Å². The quantitative estimate of drug-likeness (QED) is 0.327. The van der Waals surface area contributed by atoms with Gasteiger partial charge in [-0.15, -0.1) is 0 Å². The molecule has 0 radical (unpaired) electrons. The van der Waals surface area contributed by atoms with Crippen molar-refractivity contribution < 1.29 is 10.0 Å².